The minimum atomic E-state index is -0.903. The predicted octanol–water partition coefficient (Wildman–Crippen LogP) is 5.12. The molecular formula is C43H56N8O5. The smallest absolute Gasteiger partial charge is 0.307 e. The van der Waals surface area contributed by atoms with Crippen molar-refractivity contribution in [2.45, 2.75) is 72.1 Å². The van der Waals surface area contributed by atoms with Crippen molar-refractivity contribution < 1.29 is 24.3 Å². The molecule has 0 saturated heterocycles. The number of hydrogen-bond acceptors (Lipinski definition) is 9. The highest BCUT2D eigenvalue weighted by Crippen LogP contribution is 2.30. The van der Waals surface area contributed by atoms with Crippen molar-refractivity contribution in [1.29, 1.82) is 0 Å². The fraction of sp³-hybridized carbons (Fsp3) is 0.442. The van der Waals surface area contributed by atoms with Crippen LogP contribution >= 0.6 is 0 Å². The molecule has 0 spiro atoms. The fourth-order valence-electron chi connectivity index (χ4n) is 6.34. The lowest BCUT2D eigenvalue weighted by atomic mass is 9.78. The number of carboxylic acid groups (broad SMARTS) is 1. The summed E-state index contributed by atoms with van der Waals surface area (Å²) in [6, 6.07) is 19.3. The first-order chi connectivity index (χ1) is 27.0. The first-order valence-corrected chi connectivity index (χ1v) is 19.5. The summed E-state index contributed by atoms with van der Waals surface area (Å²) in [4.78, 5) is 69.5. The summed E-state index contributed by atoms with van der Waals surface area (Å²) in [6.07, 6.45) is 11.0. The topological polar surface area (TPSA) is 179 Å². The molecule has 0 bridgehead atoms. The van der Waals surface area contributed by atoms with Gasteiger partial charge in [0.15, 0.2) is 0 Å². The number of aliphatic carboxylic acids is 1. The molecule has 56 heavy (non-hydrogen) atoms. The maximum Gasteiger partial charge on any atom is 0.307 e. The van der Waals surface area contributed by atoms with Crippen LogP contribution in [0.15, 0.2) is 85.5 Å². The minimum Gasteiger partial charge on any atom is -0.481 e. The SMILES string of the molecule is CC(C)(C)C(CCC(=O)NCCN(CCNC(=O)CCCc1ccnc(-c2ccccn2)c1)CCNC(=O)CCCc1ccnc(-c2ccccn2)c1)C(=O)O. The van der Waals surface area contributed by atoms with E-state index in [2.05, 4.69) is 40.8 Å². The van der Waals surface area contributed by atoms with Crippen LogP contribution in [0.1, 0.15) is 70.4 Å². The maximum absolute atomic E-state index is 12.7. The van der Waals surface area contributed by atoms with Crippen LogP contribution in [0.3, 0.4) is 0 Å². The van der Waals surface area contributed by atoms with Crippen LogP contribution in [0, 0.1) is 11.3 Å². The first-order valence-electron chi connectivity index (χ1n) is 19.5. The quantitative estimate of drug-likeness (QED) is 0.0792. The minimum absolute atomic E-state index is 0.0428. The summed E-state index contributed by atoms with van der Waals surface area (Å²) in [5.41, 5.74) is 4.94. The molecule has 0 aromatic carbocycles. The van der Waals surface area contributed by atoms with Crippen LogP contribution in [0.2, 0.25) is 0 Å². The van der Waals surface area contributed by atoms with Crippen molar-refractivity contribution in [3.63, 3.8) is 0 Å². The van der Waals surface area contributed by atoms with Crippen molar-refractivity contribution >= 4 is 23.7 Å². The molecule has 0 aliphatic rings. The van der Waals surface area contributed by atoms with Crippen LogP contribution < -0.4 is 16.0 Å². The van der Waals surface area contributed by atoms with Crippen LogP contribution in [0.5, 0.6) is 0 Å². The van der Waals surface area contributed by atoms with Gasteiger partial charge in [-0.25, -0.2) is 0 Å². The molecule has 1 unspecified atom stereocenters. The van der Waals surface area contributed by atoms with Gasteiger partial charge in [-0.2, -0.15) is 0 Å². The average molecular weight is 765 g/mol. The zero-order valence-corrected chi connectivity index (χ0v) is 32.9. The number of nitrogens with zero attached hydrogens (tertiary/aromatic N) is 5. The highest BCUT2D eigenvalue weighted by Gasteiger charge is 2.31. The number of nitrogens with one attached hydrogen (secondary N) is 3. The molecule has 4 N–H and O–H groups in total. The van der Waals surface area contributed by atoms with Gasteiger partial charge >= 0.3 is 5.97 Å². The molecule has 4 rings (SSSR count). The van der Waals surface area contributed by atoms with Gasteiger partial charge in [-0.15, -0.1) is 0 Å². The van der Waals surface area contributed by atoms with Gasteiger partial charge < -0.3 is 21.1 Å². The van der Waals surface area contributed by atoms with Gasteiger partial charge in [0.25, 0.3) is 0 Å². The Hall–Kier alpha value is -5.56. The second kappa shape index (κ2) is 22.7. The Kier molecular flexibility index (Phi) is 17.5. The van der Waals surface area contributed by atoms with Gasteiger partial charge in [-0.1, -0.05) is 32.9 Å². The number of aromatic nitrogens is 4. The third-order valence-electron chi connectivity index (χ3n) is 9.50. The Labute approximate surface area is 330 Å². The van der Waals surface area contributed by atoms with E-state index in [1.54, 1.807) is 24.8 Å². The highest BCUT2D eigenvalue weighted by molar-refractivity contribution is 5.78. The molecule has 1 atom stereocenters. The largest absolute Gasteiger partial charge is 0.481 e. The second-order valence-electron chi connectivity index (χ2n) is 14.9. The van der Waals surface area contributed by atoms with Gasteiger partial charge in [-0.05, 0) is 97.2 Å². The van der Waals surface area contributed by atoms with Gasteiger partial charge in [0.05, 0.1) is 28.7 Å². The molecule has 0 saturated carbocycles. The first kappa shape index (κ1) is 43.2. The lowest BCUT2D eigenvalue weighted by Gasteiger charge is -2.27. The number of carbonyl (C=O) groups excluding carboxylic acids is 3. The second-order valence-corrected chi connectivity index (χ2v) is 14.9. The van der Waals surface area contributed by atoms with Crippen LogP contribution in [-0.2, 0) is 32.0 Å². The van der Waals surface area contributed by atoms with E-state index in [0.29, 0.717) is 65.0 Å². The Balaban J connectivity index is 1.20. The average Bonchev–Trinajstić information content (AvgIpc) is 3.18. The van der Waals surface area contributed by atoms with E-state index in [1.165, 1.54) is 0 Å². The number of hydrogen-bond donors (Lipinski definition) is 4. The van der Waals surface area contributed by atoms with Gasteiger partial charge in [0, 0.05) is 83.3 Å². The van der Waals surface area contributed by atoms with E-state index >= 15 is 0 Å². The summed E-state index contributed by atoms with van der Waals surface area (Å²) < 4.78 is 0. The Morgan fingerprint density at radius 3 is 1.43 bits per heavy atom. The van der Waals surface area contributed by atoms with Crippen LogP contribution in [0.25, 0.3) is 22.8 Å². The zero-order chi connectivity index (χ0) is 40.2. The summed E-state index contributed by atoms with van der Waals surface area (Å²) in [5.74, 6) is -1.82. The standard InChI is InChI=1S/C43H56N8O5/c1-43(2,3)34(42(55)56)16-17-41(54)50-26-29-51(27-24-48-39(52)14-8-10-32-18-22-46-37(30-32)35-12-4-6-20-44-35)28-25-49-40(53)15-9-11-33-19-23-47-38(31-33)36-13-5-7-21-45-36/h4-7,12-13,18-23,30-31,34H,8-11,14-17,24-29H2,1-3H3,(H,48,52)(H,49,53)(H,50,54)(H,55,56). The summed E-state index contributed by atoms with van der Waals surface area (Å²) >= 11 is 0. The van der Waals surface area contributed by atoms with Crippen molar-refractivity contribution in [2.75, 3.05) is 39.3 Å². The van der Waals surface area contributed by atoms with E-state index < -0.39 is 17.3 Å². The third-order valence-corrected chi connectivity index (χ3v) is 9.50. The maximum atomic E-state index is 12.7. The zero-order valence-electron chi connectivity index (χ0n) is 32.9. The number of rotatable bonds is 23. The lowest BCUT2D eigenvalue weighted by Crippen LogP contribution is -2.43. The monoisotopic (exact) mass is 764 g/mol. The normalized spacial score (nSPS) is 11.9. The number of carboxylic acids is 1. The van der Waals surface area contributed by atoms with Gasteiger partial charge in [0.1, 0.15) is 0 Å². The van der Waals surface area contributed by atoms with Gasteiger partial charge in [-0.3, -0.25) is 44.0 Å². The van der Waals surface area contributed by atoms with Crippen molar-refractivity contribution in [2.24, 2.45) is 11.3 Å². The number of pyridine rings is 4. The van der Waals surface area contributed by atoms with Crippen molar-refractivity contribution in [3.05, 3.63) is 96.6 Å². The van der Waals surface area contributed by atoms with E-state index in [4.69, 9.17) is 0 Å². The van der Waals surface area contributed by atoms with Crippen molar-refractivity contribution in [1.82, 2.24) is 40.8 Å². The van der Waals surface area contributed by atoms with E-state index in [9.17, 15) is 24.3 Å². The van der Waals surface area contributed by atoms with Crippen molar-refractivity contribution in [3.8, 4) is 22.8 Å². The molecule has 4 aromatic heterocycles. The fourth-order valence-corrected chi connectivity index (χ4v) is 6.34. The third kappa shape index (κ3) is 15.7. The van der Waals surface area contributed by atoms with Gasteiger partial charge in [0.2, 0.25) is 17.7 Å². The van der Waals surface area contributed by atoms with Crippen LogP contribution in [-0.4, -0.2) is 92.9 Å². The number of aryl methyl sites for hydroxylation is 2. The Morgan fingerprint density at radius 1 is 0.607 bits per heavy atom. The molecule has 13 nitrogen and oxygen atoms in total. The molecular weight excluding hydrogens is 709 g/mol. The van der Waals surface area contributed by atoms with E-state index in [0.717, 1.165) is 46.7 Å². The number of carbonyl (C=O) groups is 4. The molecule has 0 aliphatic carbocycles. The molecule has 0 aliphatic heterocycles. The lowest BCUT2D eigenvalue weighted by molar-refractivity contribution is -0.146. The summed E-state index contributed by atoms with van der Waals surface area (Å²) in [5, 5.41) is 18.5. The molecule has 4 aromatic rings. The predicted molar refractivity (Wildman–Crippen MR) is 216 cm³/mol. The Bertz CT molecular complexity index is 1730. The number of amides is 3. The molecule has 0 fully saturated rings. The molecule has 13 heteroatoms. The molecule has 0 radical (unpaired) electrons. The van der Waals surface area contributed by atoms with Crippen LogP contribution in [0.4, 0.5) is 0 Å². The Morgan fingerprint density at radius 2 is 1.04 bits per heavy atom. The summed E-state index contributed by atoms with van der Waals surface area (Å²) in [7, 11) is 0. The molecule has 4 heterocycles. The van der Waals surface area contributed by atoms with E-state index in [1.807, 2.05) is 81.4 Å². The molecule has 3 amide bonds. The highest BCUT2D eigenvalue weighted by atomic mass is 16.4. The van der Waals surface area contributed by atoms with E-state index in [-0.39, 0.29) is 30.6 Å². The summed E-state index contributed by atoms with van der Waals surface area (Å²) in [6.45, 7) is 8.33. The molecule has 298 valence electrons.